The van der Waals surface area contributed by atoms with Crippen molar-refractivity contribution in [3.8, 4) is 6.07 Å². The van der Waals surface area contributed by atoms with E-state index in [2.05, 4.69) is 4.98 Å². The number of rotatable bonds is 1. The van der Waals surface area contributed by atoms with Gasteiger partial charge in [-0.25, -0.2) is 8.42 Å². The van der Waals surface area contributed by atoms with Gasteiger partial charge in [-0.3, -0.25) is 4.98 Å². The standard InChI is InChI=1S/C7H6N2O2S/c1-12(10,11)7-2-3-9-5-6(7)4-8/h2-3,5H,1H3. The maximum Gasteiger partial charge on any atom is 0.176 e. The van der Waals surface area contributed by atoms with Gasteiger partial charge in [0.2, 0.25) is 0 Å². The van der Waals surface area contributed by atoms with Gasteiger partial charge in [-0.15, -0.1) is 0 Å². The van der Waals surface area contributed by atoms with Crippen molar-refractivity contribution >= 4 is 9.84 Å². The molecule has 0 spiro atoms. The number of hydrogen-bond donors (Lipinski definition) is 0. The zero-order valence-electron chi connectivity index (χ0n) is 6.35. The number of sulfone groups is 1. The Morgan fingerprint density at radius 1 is 1.58 bits per heavy atom. The second-order valence-electron chi connectivity index (χ2n) is 2.26. The maximum absolute atomic E-state index is 11.0. The van der Waals surface area contributed by atoms with Gasteiger partial charge in [0, 0.05) is 18.6 Å². The number of hydrogen-bond acceptors (Lipinski definition) is 4. The highest BCUT2D eigenvalue weighted by molar-refractivity contribution is 7.90. The molecule has 0 atom stereocenters. The number of nitriles is 1. The highest BCUT2D eigenvalue weighted by Crippen LogP contribution is 2.11. The lowest BCUT2D eigenvalue weighted by atomic mass is 10.3. The van der Waals surface area contributed by atoms with Crippen LogP contribution in [0.25, 0.3) is 0 Å². The van der Waals surface area contributed by atoms with E-state index in [0.717, 1.165) is 6.26 Å². The molecule has 0 amide bonds. The van der Waals surface area contributed by atoms with Crippen molar-refractivity contribution in [3.63, 3.8) is 0 Å². The van der Waals surface area contributed by atoms with E-state index in [1.807, 2.05) is 0 Å². The minimum absolute atomic E-state index is 0.0278. The van der Waals surface area contributed by atoms with Crippen LogP contribution in [0.2, 0.25) is 0 Å². The van der Waals surface area contributed by atoms with Gasteiger partial charge in [-0.05, 0) is 6.07 Å². The summed E-state index contributed by atoms with van der Waals surface area (Å²) < 4.78 is 22.1. The van der Waals surface area contributed by atoms with E-state index in [9.17, 15) is 8.42 Å². The molecule has 0 aliphatic rings. The van der Waals surface area contributed by atoms with Gasteiger partial charge in [-0.2, -0.15) is 5.26 Å². The van der Waals surface area contributed by atoms with Gasteiger partial charge >= 0.3 is 0 Å². The minimum Gasteiger partial charge on any atom is -0.263 e. The lowest BCUT2D eigenvalue weighted by molar-refractivity contribution is 0.601. The van der Waals surface area contributed by atoms with Gasteiger partial charge in [0.1, 0.15) is 6.07 Å². The molecule has 0 fully saturated rings. The van der Waals surface area contributed by atoms with Crippen molar-refractivity contribution in [2.24, 2.45) is 0 Å². The molecule has 1 aromatic heterocycles. The molecule has 0 saturated carbocycles. The van der Waals surface area contributed by atoms with Gasteiger partial charge in [-0.1, -0.05) is 0 Å². The molecule has 0 unspecified atom stereocenters. The summed E-state index contributed by atoms with van der Waals surface area (Å²) in [5.41, 5.74) is 0.0833. The summed E-state index contributed by atoms with van der Waals surface area (Å²) in [5, 5.41) is 8.53. The van der Waals surface area contributed by atoms with Crippen molar-refractivity contribution < 1.29 is 8.42 Å². The number of aromatic nitrogens is 1. The third-order valence-electron chi connectivity index (χ3n) is 1.30. The zero-order chi connectivity index (χ0) is 9.19. The summed E-state index contributed by atoms with van der Waals surface area (Å²) in [6, 6.07) is 3.07. The first-order valence-corrected chi connectivity index (χ1v) is 4.99. The molecular formula is C7H6N2O2S. The second kappa shape index (κ2) is 2.91. The fourth-order valence-electron chi connectivity index (χ4n) is 0.789. The van der Waals surface area contributed by atoms with Crippen LogP contribution >= 0.6 is 0 Å². The van der Waals surface area contributed by atoms with Gasteiger partial charge in [0.15, 0.2) is 9.84 Å². The molecule has 0 radical (unpaired) electrons. The summed E-state index contributed by atoms with van der Waals surface area (Å²) in [7, 11) is -3.31. The van der Waals surface area contributed by atoms with Gasteiger partial charge in [0.25, 0.3) is 0 Å². The summed E-state index contributed by atoms with van der Waals surface area (Å²) in [6.45, 7) is 0. The van der Waals surface area contributed by atoms with Crippen LogP contribution in [0.4, 0.5) is 0 Å². The fraction of sp³-hybridized carbons (Fsp3) is 0.143. The predicted molar refractivity (Wildman–Crippen MR) is 42.1 cm³/mol. The molecule has 1 rings (SSSR count). The Morgan fingerprint density at radius 2 is 2.25 bits per heavy atom. The maximum atomic E-state index is 11.0. The van der Waals surface area contributed by atoms with Crippen LogP contribution in [0, 0.1) is 11.3 Å². The second-order valence-corrected chi connectivity index (χ2v) is 4.24. The topological polar surface area (TPSA) is 70.8 Å². The van der Waals surface area contributed by atoms with Crippen LogP contribution < -0.4 is 0 Å². The fourth-order valence-corrected chi connectivity index (χ4v) is 1.59. The Hall–Kier alpha value is -1.41. The van der Waals surface area contributed by atoms with Crippen LogP contribution in [-0.4, -0.2) is 19.7 Å². The molecular weight excluding hydrogens is 176 g/mol. The van der Waals surface area contributed by atoms with Crippen molar-refractivity contribution in [3.05, 3.63) is 24.0 Å². The Balaban J connectivity index is 3.47. The van der Waals surface area contributed by atoms with E-state index in [0.29, 0.717) is 0 Å². The van der Waals surface area contributed by atoms with E-state index >= 15 is 0 Å². The molecule has 1 aromatic rings. The van der Waals surface area contributed by atoms with E-state index in [1.165, 1.54) is 18.5 Å². The predicted octanol–water partition coefficient (Wildman–Crippen LogP) is 0.357. The summed E-state index contributed by atoms with van der Waals surface area (Å²) in [6.07, 6.45) is 3.64. The first-order chi connectivity index (χ1) is 5.55. The molecule has 1 heterocycles. The highest BCUT2D eigenvalue weighted by Gasteiger charge is 2.11. The molecule has 12 heavy (non-hydrogen) atoms. The smallest absolute Gasteiger partial charge is 0.176 e. The molecule has 0 aliphatic carbocycles. The van der Waals surface area contributed by atoms with E-state index in [4.69, 9.17) is 5.26 Å². The van der Waals surface area contributed by atoms with Crippen LogP contribution in [-0.2, 0) is 9.84 Å². The van der Waals surface area contributed by atoms with Crippen LogP contribution in [0.1, 0.15) is 5.56 Å². The van der Waals surface area contributed by atoms with E-state index < -0.39 is 9.84 Å². The monoisotopic (exact) mass is 182 g/mol. The largest absolute Gasteiger partial charge is 0.263 e. The molecule has 5 heteroatoms. The van der Waals surface area contributed by atoms with Gasteiger partial charge < -0.3 is 0 Å². The number of pyridine rings is 1. The zero-order valence-corrected chi connectivity index (χ0v) is 7.17. The highest BCUT2D eigenvalue weighted by atomic mass is 32.2. The Morgan fingerprint density at radius 3 is 2.67 bits per heavy atom. The summed E-state index contributed by atoms with van der Waals surface area (Å²) >= 11 is 0. The van der Waals surface area contributed by atoms with Crippen molar-refractivity contribution in [1.82, 2.24) is 4.98 Å². The minimum atomic E-state index is -3.31. The van der Waals surface area contributed by atoms with E-state index in [-0.39, 0.29) is 10.5 Å². The average Bonchev–Trinajstić information content (AvgIpc) is 2.03. The number of nitrogens with zero attached hydrogens (tertiary/aromatic N) is 2. The Kier molecular flexibility index (Phi) is 2.11. The Bertz CT molecular complexity index is 431. The first-order valence-electron chi connectivity index (χ1n) is 3.10. The van der Waals surface area contributed by atoms with E-state index in [1.54, 1.807) is 6.07 Å². The van der Waals surface area contributed by atoms with Crippen LogP contribution in [0.5, 0.6) is 0 Å². The first kappa shape index (κ1) is 8.68. The average molecular weight is 182 g/mol. The third kappa shape index (κ3) is 1.60. The van der Waals surface area contributed by atoms with Crippen molar-refractivity contribution in [2.45, 2.75) is 4.90 Å². The quantitative estimate of drug-likeness (QED) is 0.628. The molecule has 0 aromatic carbocycles. The third-order valence-corrected chi connectivity index (χ3v) is 2.46. The SMILES string of the molecule is CS(=O)(=O)c1ccncc1C#N. The lowest BCUT2D eigenvalue weighted by Gasteiger charge is -1.97. The molecule has 0 N–H and O–H groups in total. The lowest BCUT2D eigenvalue weighted by Crippen LogP contribution is -2.00. The van der Waals surface area contributed by atoms with Crippen LogP contribution in [0.3, 0.4) is 0 Å². The molecule has 0 aliphatic heterocycles. The molecule has 4 nitrogen and oxygen atoms in total. The summed E-state index contributed by atoms with van der Waals surface area (Å²) in [4.78, 5) is 3.67. The van der Waals surface area contributed by atoms with Crippen molar-refractivity contribution in [1.29, 1.82) is 5.26 Å². The van der Waals surface area contributed by atoms with Crippen LogP contribution in [0.15, 0.2) is 23.4 Å². The molecule has 0 bridgehead atoms. The normalized spacial score (nSPS) is 10.7. The molecule has 0 saturated heterocycles. The Labute approximate surface area is 70.4 Å². The van der Waals surface area contributed by atoms with Gasteiger partial charge in [0.05, 0.1) is 10.5 Å². The summed E-state index contributed by atoms with van der Waals surface area (Å²) in [5.74, 6) is 0. The van der Waals surface area contributed by atoms with Crippen molar-refractivity contribution in [2.75, 3.05) is 6.26 Å². The molecule has 62 valence electrons.